The van der Waals surface area contributed by atoms with Crippen molar-refractivity contribution in [2.24, 2.45) is 11.8 Å². The second kappa shape index (κ2) is 46.6. The molecule has 8 heteroatoms. The quantitative estimate of drug-likeness (QED) is 0.0384. The Labute approximate surface area is 431 Å². The van der Waals surface area contributed by atoms with Crippen LogP contribution in [0.1, 0.15) is 314 Å². The van der Waals surface area contributed by atoms with Crippen LogP contribution in [0.2, 0.25) is 0 Å². The van der Waals surface area contributed by atoms with Gasteiger partial charge in [0.2, 0.25) is 0 Å². The lowest BCUT2D eigenvalue weighted by molar-refractivity contribution is 0.0903. The molecule has 0 aliphatic rings. The summed E-state index contributed by atoms with van der Waals surface area (Å²) in [6.45, 7) is 15.1. The molecular weight excluding hydrogens is 865 g/mol. The highest BCUT2D eigenvalue weighted by Gasteiger charge is 2.27. The number of hydrogen-bond donors (Lipinski definition) is 4. The summed E-state index contributed by atoms with van der Waals surface area (Å²) in [5.74, 6) is -0.937. The maximum atomic E-state index is 14.1. The van der Waals surface area contributed by atoms with Crippen molar-refractivity contribution in [1.29, 1.82) is 0 Å². The third kappa shape index (κ3) is 33.3. The summed E-state index contributed by atoms with van der Waals surface area (Å²) < 4.78 is 0. The zero-order chi connectivity index (χ0) is 51.1. The average Bonchev–Trinajstić information content (AvgIpc) is 3.37. The van der Waals surface area contributed by atoms with Crippen molar-refractivity contribution >= 4 is 23.6 Å². The van der Waals surface area contributed by atoms with Gasteiger partial charge in [0.1, 0.15) is 0 Å². The summed E-state index contributed by atoms with van der Waals surface area (Å²) in [5.41, 5.74) is 0.544. The number of carbonyl (C=O) groups excluding carboxylic acids is 4. The molecule has 1 aromatic rings. The Morgan fingerprint density at radius 1 is 0.343 bits per heavy atom. The summed E-state index contributed by atoms with van der Waals surface area (Å²) in [5, 5.41) is 12.3. The fourth-order valence-corrected chi connectivity index (χ4v) is 9.24. The minimum Gasteiger partial charge on any atom is -0.352 e. The number of allylic oxidation sites excluding steroid dienone is 4. The topological polar surface area (TPSA) is 116 Å². The Hall–Kier alpha value is -3.42. The minimum atomic E-state index is -0.393. The van der Waals surface area contributed by atoms with Gasteiger partial charge in [-0.2, -0.15) is 0 Å². The lowest BCUT2D eigenvalue weighted by Gasteiger charge is -2.19. The van der Waals surface area contributed by atoms with Gasteiger partial charge in [-0.15, -0.1) is 0 Å². The van der Waals surface area contributed by atoms with E-state index in [1.807, 2.05) is 0 Å². The molecule has 4 amide bonds. The SMILES string of the molecule is CCCCCCCC/C=C/CCCCCCCCNC(=O)c1cc(C(=O)NCC(CC)CCCC)c(C(=O)NCCCCCCCC/C=C/CCCCCCCC)cc1C(=O)NCC(CC)CCCC. The van der Waals surface area contributed by atoms with Gasteiger partial charge in [0, 0.05) is 26.2 Å². The van der Waals surface area contributed by atoms with Crippen LogP contribution in [0.5, 0.6) is 0 Å². The molecular formula is C62H110N4O4. The molecule has 402 valence electrons. The van der Waals surface area contributed by atoms with Crippen LogP contribution in [0.25, 0.3) is 0 Å². The van der Waals surface area contributed by atoms with Gasteiger partial charge in [-0.05, 0) is 101 Å². The van der Waals surface area contributed by atoms with Crippen molar-refractivity contribution in [1.82, 2.24) is 21.3 Å². The first-order valence-corrected chi connectivity index (χ1v) is 29.9. The lowest BCUT2D eigenvalue weighted by atomic mass is 9.94. The lowest BCUT2D eigenvalue weighted by Crippen LogP contribution is -2.36. The van der Waals surface area contributed by atoms with Crippen LogP contribution < -0.4 is 21.3 Å². The molecule has 0 radical (unpaired) electrons. The molecule has 0 bridgehead atoms. The van der Waals surface area contributed by atoms with Crippen LogP contribution in [0.15, 0.2) is 36.4 Å². The maximum Gasteiger partial charge on any atom is 0.252 e. The van der Waals surface area contributed by atoms with Gasteiger partial charge in [0.25, 0.3) is 23.6 Å². The number of nitrogens with one attached hydrogen (secondary N) is 4. The largest absolute Gasteiger partial charge is 0.352 e. The van der Waals surface area contributed by atoms with E-state index in [-0.39, 0.29) is 22.3 Å². The van der Waals surface area contributed by atoms with E-state index in [1.54, 1.807) is 0 Å². The molecule has 0 aliphatic heterocycles. The summed E-state index contributed by atoms with van der Waals surface area (Å²) in [6, 6.07) is 3.00. The predicted octanol–water partition coefficient (Wildman–Crippen LogP) is 17.1. The number of unbranched alkanes of at least 4 members (excludes halogenated alkanes) is 26. The zero-order valence-electron chi connectivity index (χ0n) is 46.5. The van der Waals surface area contributed by atoms with Crippen molar-refractivity contribution in [2.75, 3.05) is 26.2 Å². The van der Waals surface area contributed by atoms with Crippen molar-refractivity contribution < 1.29 is 19.2 Å². The molecule has 0 spiro atoms. The van der Waals surface area contributed by atoms with E-state index in [2.05, 4.69) is 87.1 Å². The highest BCUT2D eigenvalue weighted by atomic mass is 16.2. The fourth-order valence-electron chi connectivity index (χ4n) is 9.24. The van der Waals surface area contributed by atoms with Crippen LogP contribution in [0.3, 0.4) is 0 Å². The van der Waals surface area contributed by atoms with Gasteiger partial charge in [-0.25, -0.2) is 0 Å². The second-order valence-corrected chi connectivity index (χ2v) is 20.6. The first-order valence-electron chi connectivity index (χ1n) is 29.9. The van der Waals surface area contributed by atoms with Gasteiger partial charge < -0.3 is 21.3 Å². The van der Waals surface area contributed by atoms with Crippen LogP contribution in [-0.4, -0.2) is 49.8 Å². The Balaban J connectivity index is 2.99. The predicted molar refractivity (Wildman–Crippen MR) is 301 cm³/mol. The zero-order valence-corrected chi connectivity index (χ0v) is 46.5. The normalized spacial score (nSPS) is 12.4. The summed E-state index contributed by atoms with van der Waals surface area (Å²) >= 11 is 0. The standard InChI is InChI=1S/C62H110N4O4/c1-7-13-17-19-21-23-25-27-29-31-33-35-37-39-41-43-47-63-59(67)55-49-58(62(70)66-52-54(12-6)46-16-10-4)56(50-57(55)61(69)65-51-53(11-5)45-15-9-3)60(68)64-48-44-42-40-38-36-34-32-30-28-26-24-22-20-18-14-8-2/h27-30,49-50,53-54H,7-26,31-48,51-52H2,1-6H3,(H,63,67)(H,64,68)(H,65,69)(H,66,70)/b29-27+,30-28+. The van der Waals surface area contributed by atoms with Gasteiger partial charge in [-0.1, -0.05) is 220 Å². The molecule has 2 unspecified atom stereocenters. The number of amides is 4. The molecule has 1 aromatic carbocycles. The molecule has 0 aliphatic carbocycles. The number of benzene rings is 1. The second-order valence-electron chi connectivity index (χ2n) is 20.6. The highest BCUT2D eigenvalue weighted by molar-refractivity contribution is 6.14. The van der Waals surface area contributed by atoms with Gasteiger partial charge in [0.05, 0.1) is 22.3 Å². The van der Waals surface area contributed by atoms with E-state index in [0.29, 0.717) is 38.0 Å². The van der Waals surface area contributed by atoms with Gasteiger partial charge in [-0.3, -0.25) is 19.2 Å². The monoisotopic (exact) mass is 975 g/mol. The molecule has 0 saturated heterocycles. The van der Waals surface area contributed by atoms with Crippen LogP contribution in [0, 0.1) is 11.8 Å². The van der Waals surface area contributed by atoms with Gasteiger partial charge in [0.15, 0.2) is 0 Å². The molecule has 0 fully saturated rings. The Morgan fingerprint density at radius 2 is 0.600 bits per heavy atom. The van der Waals surface area contributed by atoms with Crippen molar-refractivity contribution in [3.05, 3.63) is 58.7 Å². The van der Waals surface area contributed by atoms with Crippen LogP contribution in [0.4, 0.5) is 0 Å². The van der Waals surface area contributed by atoms with E-state index in [1.165, 1.54) is 141 Å². The van der Waals surface area contributed by atoms with Crippen molar-refractivity contribution in [3.8, 4) is 0 Å². The molecule has 0 saturated carbocycles. The summed E-state index contributed by atoms with van der Waals surface area (Å²) in [4.78, 5) is 56.3. The average molecular weight is 976 g/mol. The van der Waals surface area contributed by atoms with E-state index in [4.69, 9.17) is 0 Å². The highest BCUT2D eigenvalue weighted by Crippen LogP contribution is 2.21. The van der Waals surface area contributed by atoms with E-state index in [0.717, 1.165) is 103 Å². The summed E-state index contributed by atoms with van der Waals surface area (Å²) in [6.07, 6.45) is 51.6. The van der Waals surface area contributed by atoms with Gasteiger partial charge >= 0.3 is 0 Å². The van der Waals surface area contributed by atoms with Crippen molar-refractivity contribution in [3.63, 3.8) is 0 Å². The number of carbonyl (C=O) groups is 4. The van der Waals surface area contributed by atoms with E-state index < -0.39 is 23.6 Å². The minimum absolute atomic E-state index is 0.136. The Morgan fingerprint density at radius 3 is 0.886 bits per heavy atom. The summed E-state index contributed by atoms with van der Waals surface area (Å²) in [7, 11) is 0. The van der Waals surface area contributed by atoms with Crippen molar-refractivity contribution in [2.45, 2.75) is 273 Å². The van der Waals surface area contributed by atoms with Crippen LogP contribution in [-0.2, 0) is 0 Å². The molecule has 4 N–H and O–H groups in total. The smallest absolute Gasteiger partial charge is 0.252 e. The molecule has 0 heterocycles. The molecule has 8 nitrogen and oxygen atoms in total. The fraction of sp³-hybridized carbons (Fsp3) is 0.774. The third-order valence-corrected chi connectivity index (χ3v) is 14.3. The molecule has 2 atom stereocenters. The molecule has 1 rings (SSSR count). The molecule has 0 aromatic heterocycles. The maximum absolute atomic E-state index is 14.1. The molecule has 70 heavy (non-hydrogen) atoms. The first kappa shape index (κ1) is 64.6. The van der Waals surface area contributed by atoms with E-state index >= 15 is 0 Å². The number of hydrogen-bond acceptors (Lipinski definition) is 4. The third-order valence-electron chi connectivity index (χ3n) is 14.3. The number of rotatable bonds is 48. The first-order chi connectivity index (χ1) is 34.3. The Kier molecular flexibility index (Phi) is 43.0. The Bertz CT molecular complexity index is 1410. The van der Waals surface area contributed by atoms with E-state index in [9.17, 15) is 19.2 Å². The van der Waals surface area contributed by atoms with Crippen LogP contribution >= 0.6 is 0 Å².